The van der Waals surface area contributed by atoms with Crippen molar-refractivity contribution in [2.75, 3.05) is 37.3 Å². The summed E-state index contributed by atoms with van der Waals surface area (Å²) in [6.07, 6.45) is 3.44. The fraction of sp³-hybridized carbons (Fsp3) is 0.323. The van der Waals surface area contributed by atoms with Crippen LogP contribution in [0.4, 0.5) is 21.6 Å². The van der Waals surface area contributed by atoms with Crippen LogP contribution in [0.5, 0.6) is 5.75 Å². The van der Waals surface area contributed by atoms with E-state index >= 15 is 4.39 Å². The maximum absolute atomic E-state index is 16.6. The highest BCUT2D eigenvalue weighted by Gasteiger charge is 2.37. The summed E-state index contributed by atoms with van der Waals surface area (Å²) >= 11 is 0. The minimum Gasteiger partial charge on any atom is -0.489 e. The molecule has 0 aliphatic carbocycles. The number of aliphatic hydroxyl groups is 1. The quantitative estimate of drug-likeness (QED) is 0.164. The predicted octanol–water partition coefficient (Wildman–Crippen LogP) is 4.08. The van der Waals surface area contributed by atoms with E-state index in [0.29, 0.717) is 59.8 Å². The first-order valence-electron chi connectivity index (χ1n) is 14.0. The first kappa shape index (κ1) is 29.6. The Morgan fingerprint density at radius 1 is 1.28 bits per heavy atom. The minimum absolute atomic E-state index is 0.0115. The van der Waals surface area contributed by atoms with Gasteiger partial charge in [-0.3, -0.25) is 15.2 Å². The van der Waals surface area contributed by atoms with E-state index in [1.165, 1.54) is 6.08 Å². The highest BCUT2D eigenvalue weighted by atomic mass is 19.1. The third-order valence-electron chi connectivity index (χ3n) is 7.98. The van der Waals surface area contributed by atoms with Gasteiger partial charge in [-0.05, 0) is 50.1 Å². The zero-order chi connectivity index (χ0) is 31.0. The molecule has 0 saturated carbocycles. The van der Waals surface area contributed by atoms with Crippen LogP contribution in [0.2, 0.25) is 0 Å². The summed E-state index contributed by atoms with van der Waals surface area (Å²) in [5, 5.41) is 31.1. The molecule has 2 aliphatic heterocycles. The first-order valence-corrected chi connectivity index (χ1v) is 14.0. The van der Waals surface area contributed by atoms with Crippen LogP contribution in [0.15, 0.2) is 37.1 Å². The molecule has 12 heteroatoms. The van der Waals surface area contributed by atoms with Crippen LogP contribution in [0.1, 0.15) is 47.4 Å². The van der Waals surface area contributed by atoms with E-state index in [-0.39, 0.29) is 47.2 Å². The molecule has 0 bridgehead atoms. The zero-order valence-electron chi connectivity index (χ0n) is 24.4. The maximum atomic E-state index is 16.6. The van der Waals surface area contributed by atoms with Crippen LogP contribution in [0, 0.1) is 30.5 Å². The Bertz CT molecular complexity index is 1640. The predicted molar refractivity (Wildman–Crippen MR) is 164 cm³/mol. The smallest absolute Gasteiger partial charge is 0.246 e. The zero-order valence-corrected chi connectivity index (χ0v) is 24.4. The molecule has 224 valence electrons. The number of ether oxygens (including phenoxy) is 1. The molecule has 2 aromatic heterocycles. The molecule has 1 saturated heterocycles. The van der Waals surface area contributed by atoms with Gasteiger partial charge in [0, 0.05) is 55.3 Å². The van der Waals surface area contributed by atoms with Crippen LogP contribution in [-0.4, -0.2) is 75.1 Å². The molecule has 3 aromatic rings. The number of pyridine rings is 2. The highest BCUT2D eigenvalue weighted by Crippen LogP contribution is 2.42. The van der Waals surface area contributed by atoms with E-state index in [0.717, 1.165) is 11.8 Å². The van der Waals surface area contributed by atoms with Crippen molar-refractivity contribution in [3.63, 3.8) is 0 Å². The fourth-order valence-corrected chi connectivity index (χ4v) is 5.71. The number of piperazine rings is 1. The number of nitrogen functional groups attached to an aromatic ring is 1. The SMILES string of the molecule is C=CC(=O)N1CCN2C(=N)c3c(Nc4c(C)ccnc4C(C)O)nc(-c4c(C)ccc(N)c4C=N)c(F)c3OCCC2C1. The van der Waals surface area contributed by atoms with E-state index in [1.807, 2.05) is 11.8 Å². The van der Waals surface area contributed by atoms with Gasteiger partial charge in [-0.15, -0.1) is 0 Å². The molecule has 4 heterocycles. The lowest BCUT2D eigenvalue weighted by Gasteiger charge is -2.44. The number of hydrogen-bond acceptors (Lipinski definition) is 9. The summed E-state index contributed by atoms with van der Waals surface area (Å²) in [4.78, 5) is 25.0. The number of aliphatic hydroxyl groups excluding tert-OH is 1. The molecule has 43 heavy (non-hydrogen) atoms. The van der Waals surface area contributed by atoms with Crippen LogP contribution < -0.4 is 15.8 Å². The Kier molecular flexibility index (Phi) is 8.14. The largest absolute Gasteiger partial charge is 0.489 e. The number of amides is 1. The molecule has 6 N–H and O–H groups in total. The van der Waals surface area contributed by atoms with Crippen molar-refractivity contribution < 1.29 is 19.0 Å². The standard InChI is InChI=1S/C31H35FN8O3/c1-5-22(42)39-11-12-40-19(15-39)9-13-43-29-24(30(40)35)31(37-26-17(3)8-10-36-27(26)18(4)41)38-28(25(29)32)23-16(2)6-7-21(34)20(23)14-33/h5-8,10,14,18-19,33,35,41H,1,9,11-13,15,34H2,2-4H3,(H,37,38). The Morgan fingerprint density at radius 3 is 2.74 bits per heavy atom. The summed E-state index contributed by atoms with van der Waals surface area (Å²) in [5.41, 5.74) is 9.36. The molecule has 2 aliphatic rings. The number of rotatable bonds is 6. The van der Waals surface area contributed by atoms with Gasteiger partial charge in [0.1, 0.15) is 22.9 Å². The number of halogens is 1. The van der Waals surface area contributed by atoms with E-state index in [2.05, 4.69) is 16.9 Å². The Hall–Kier alpha value is -4.84. The van der Waals surface area contributed by atoms with Gasteiger partial charge >= 0.3 is 0 Å². The van der Waals surface area contributed by atoms with E-state index in [9.17, 15) is 15.3 Å². The van der Waals surface area contributed by atoms with E-state index in [4.69, 9.17) is 20.9 Å². The monoisotopic (exact) mass is 586 g/mol. The second-order valence-electron chi connectivity index (χ2n) is 10.7. The van der Waals surface area contributed by atoms with Gasteiger partial charge in [0.2, 0.25) is 5.91 Å². The Morgan fingerprint density at radius 2 is 2.05 bits per heavy atom. The van der Waals surface area contributed by atoms with E-state index < -0.39 is 11.9 Å². The van der Waals surface area contributed by atoms with Crippen molar-refractivity contribution in [2.24, 2.45) is 0 Å². The number of amidine groups is 1. The van der Waals surface area contributed by atoms with Gasteiger partial charge in [-0.1, -0.05) is 12.6 Å². The van der Waals surface area contributed by atoms with Crippen molar-refractivity contribution in [1.29, 1.82) is 10.8 Å². The second kappa shape index (κ2) is 11.8. The molecule has 2 atom stereocenters. The number of nitrogens with two attached hydrogens (primary N) is 1. The lowest BCUT2D eigenvalue weighted by molar-refractivity contribution is -0.128. The lowest BCUT2D eigenvalue weighted by atomic mass is 9.95. The third-order valence-corrected chi connectivity index (χ3v) is 7.98. The van der Waals surface area contributed by atoms with Crippen molar-refractivity contribution in [1.82, 2.24) is 19.8 Å². The molecule has 11 nitrogen and oxygen atoms in total. The van der Waals surface area contributed by atoms with Gasteiger partial charge in [0.15, 0.2) is 11.6 Å². The van der Waals surface area contributed by atoms with Gasteiger partial charge < -0.3 is 36.1 Å². The molecule has 1 fully saturated rings. The van der Waals surface area contributed by atoms with Gasteiger partial charge in [-0.2, -0.15) is 0 Å². The molecule has 0 radical (unpaired) electrons. The normalized spacial score (nSPS) is 17.1. The summed E-state index contributed by atoms with van der Waals surface area (Å²) in [7, 11) is 0. The van der Waals surface area contributed by atoms with Crippen LogP contribution in [-0.2, 0) is 4.79 Å². The molecule has 0 spiro atoms. The molecule has 1 amide bonds. The summed E-state index contributed by atoms with van der Waals surface area (Å²) in [5.74, 6) is -1.01. The number of fused-ring (bicyclic) bond motifs is 2. The summed E-state index contributed by atoms with van der Waals surface area (Å²) in [6, 6.07) is 4.91. The lowest BCUT2D eigenvalue weighted by Crippen LogP contribution is -2.57. The number of nitrogens with one attached hydrogen (secondary N) is 3. The van der Waals surface area contributed by atoms with Crippen molar-refractivity contribution in [2.45, 2.75) is 39.3 Å². The fourth-order valence-electron chi connectivity index (χ4n) is 5.71. The maximum Gasteiger partial charge on any atom is 0.246 e. The average Bonchev–Trinajstić information content (AvgIpc) is 2.98. The molecule has 1 aromatic carbocycles. The topological polar surface area (TPSA) is 165 Å². The second-order valence-corrected chi connectivity index (χ2v) is 10.7. The van der Waals surface area contributed by atoms with E-state index in [1.54, 1.807) is 43.1 Å². The van der Waals surface area contributed by atoms with Gasteiger partial charge in [-0.25, -0.2) is 9.37 Å². The number of benzene rings is 1. The summed E-state index contributed by atoms with van der Waals surface area (Å²) < 4.78 is 22.7. The molecule has 2 unspecified atom stereocenters. The van der Waals surface area contributed by atoms with Crippen molar-refractivity contribution in [3.8, 4) is 17.0 Å². The number of anilines is 3. The Labute approximate surface area is 249 Å². The van der Waals surface area contributed by atoms with Crippen molar-refractivity contribution >= 4 is 35.2 Å². The summed E-state index contributed by atoms with van der Waals surface area (Å²) in [6.45, 7) is 10.0. The van der Waals surface area contributed by atoms with Gasteiger partial charge in [0.25, 0.3) is 0 Å². The van der Waals surface area contributed by atoms with Gasteiger partial charge in [0.05, 0.1) is 30.1 Å². The molecule has 5 rings (SSSR count). The average molecular weight is 587 g/mol. The number of carbonyl (C=O) groups is 1. The third kappa shape index (κ3) is 5.29. The molecular formula is C31H35FN8O3. The number of aryl methyl sites for hydroxylation is 2. The van der Waals surface area contributed by atoms with Crippen LogP contribution in [0.3, 0.4) is 0 Å². The number of nitrogens with zero attached hydrogens (tertiary/aromatic N) is 4. The number of aromatic nitrogens is 2. The number of carbonyl (C=O) groups excluding carboxylic acids is 1. The number of hydrogen-bond donors (Lipinski definition) is 5. The molecular weight excluding hydrogens is 551 g/mol. The first-order chi connectivity index (χ1) is 20.6. The minimum atomic E-state index is -0.930. The highest BCUT2D eigenvalue weighted by molar-refractivity contribution is 6.06. The van der Waals surface area contributed by atoms with Crippen molar-refractivity contribution in [3.05, 3.63) is 70.8 Å². The van der Waals surface area contributed by atoms with Crippen LogP contribution >= 0.6 is 0 Å². The Balaban J connectivity index is 1.74. The van der Waals surface area contributed by atoms with Crippen LogP contribution in [0.25, 0.3) is 11.3 Å².